The van der Waals surface area contributed by atoms with E-state index in [4.69, 9.17) is 4.52 Å². The van der Waals surface area contributed by atoms with Gasteiger partial charge >= 0.3 is 0 Å². The Morgan fingerprint density at radius 2 is 2.29 bits per heavy atom. The lowest BCUT2D eigenvalue weighted by atomic mass is 10.0. The predicted molar refractivity (Wildman–Crippen MR) is 78.4 cm³/mol. The molecule has 112 valence electrons. The van der Waals surface area contributed by atoms with E-state index >= 15 is 0 Å². The topological polar surface area (TPSA) is 51.0 Å². The van der Waals surface area contributed by atoms with Crippen molar-refractivity contribution in [2.24, 2.45) is 0 Å². The second-order valence-corrected chi connectivity index (χ2v) is 5.66. The van der Waals surface area contributed by atoms with Crippen molar-refractivity contribution in [3.8, 4) is 11.4 Å². The number of rotatable bonds is 4. The van der Waals surface area contributed by atoms with Gasteiger partial charge in [-0.3, -0.25) is 0 Å². The van der Waals surface area contributed by atoms with Crippen LogP contribution in [0.4, 0.5) is 4.39 Å². The highest BCUT2D eigenvalue weighted by Gasteiger charge is 2.15. The minimum atomic E-state index is -0.247. The first kappa shape index (κ1) is 14.2. The number of nitrogens with one attached hydrogen (secondary N) is 1. The largest absolute Gasteiger partial charge is 0.339 e. The van der Waals surface area contributed by atoms with E-state index in [1.165, 1.54) is 31.4 Å². The van der Waals surface area contributed by atoms with Gasteiger partial charge in [-0.05, 0) is 56.5 Å². The summed E-state index contributed by atoms with van der Waals surface area (Å²) in [5.41, 5.74) is 1.64. The van der Waals surface area contributed by atoms with Gasteiger partial charge in [0.05, 0.1) is 0 Å². The molecule has 1 atom stereocenters. The molecule has 0 bridgehead atoms. The monoisotopic (exact) mass is 289 g/mol. The molecule has 0 aliphatic carbocycles. The van der Waals surface area contributed by atoms with Gasteiger partial charge in [-0.2, -0.15) is 4.98 Å². The number of aromatic nitrogens is 2. The van der Waals surface area contributed by atoms with Gasteiger partial charge in [0.1, 0.15) is 5.82 Å². The van der Waals surface area contributed by atoms with Crippen molar-refractivity contribution in [3.05, 3.63) is 35.5 Å². The molecule has 4 nitrogen and oxygen atoms in total. The Labute approximate surface area is 123 Å². The van der Waals surface area contributed by atoms with Gasteiger partial charge in [0.15, 0.2) is 0 Å². The molecule has 21 heavy (non-hydrogen) atoms. The SMILES string of the molecule is Cc1cc(F)ccc1-c1noc(CCC2CCCCN2)n1. The fraction of sp³-hybridized carbons (Fsp3) is 0.500. The van der Waals surface area contributed by atoms with Crippen molar-refractivity contribution in [2.45, 2.75) is 45.1 Å². The summed E-state index contributed by atoms with van der Waals surface area (Å²) >= 11 is 0. The van der Waals surface area contributed by atoms with Gasteiger partial charge < -0.3 is 9.84 Å². The highest BCUT2D eigenvalue weighted by atomic mass is 19.1. The lowest BCUT2D eigenvalue weighted by Gasteiger charge is -2.22. The quantitative estimate of drug-likeness (QED) is 0.938. The van der Waals surface area contributed by atoms with Gasteiger partial charge in [0.2, 0.25) is 11.7 Å². The number of piperidine rings is 1. The van der Waals surface area contributed by atoms with Crippen molar-refractivity contribution in [1.82, 2.24) is 15.5 Å². The Balaban J connectivity index is 1.65. The molecule has 1 saturated heterocycles. The molecule has 2 heterocycles. The summed E-state index contributed by atoms with van der Waals surface area (Å²) in [4.78, 5) is 4.43. The van der Waals surface area contributed by atoms with Crippen LogP contribution >= 0.6 is 0 Å². The maximum atomic E-state index is 13.1. The van der Waals surface area contributed by atoms with E-state index in [0.717, 1.165) is 30.5 Å². The first-order chi connectivity index (χ1) is 10.2. The van der Waals surface area contributed by atoms with Crippen molar-refractivity contribution in [2.75, 3.05) is 6.54 Å². The molecule has 3 rings (SSSR count). The maximum Gasteiger partial charge on any atom is 0.227 e. The molecule has 1 fully saturated rings. The van der Waals surface area contributed by atoms with Crippen LogP contribution in [0.1, 0.15) is 37.1 Å². The molecule has 1 unspecified atom stereocenters. The van der Waals surface area contributed by atoms with Crippen LogP contribution in [0.2, 0.25) is 0 Å². The molecule has 0 radical (unpaired) electrons. The zero-order valence-corrected chi connectivity index (χ0v) is 12.2. The van der Waals surface area contributed by atoms with E-state index in [9.17, 15) is 4.39 Å². The second-order valence-electron chi connectivity index (χ2n) is 5.66. The van der Waals surface area contributed by atoms with Crippen LogP contribution in [-0.2, 0) is 6.42 Å². The molecule has 0 amide bonds. The molecule has 0 saturated carbocycles. The van der Waals surface area contributed by atoms with Gasteiger partial charge in [-0.25, -0.2) is 4.39 Å². The zero-order valence-electron chi connectivity index (χ0n) is 12.2. The average Bonchev–Trinajstić information content (AvgIpc) is 2.95. The van der Waals surface area contributed by atoms with Crippen LogP contribution in [0.3, 0.4) is 0 Å². The lowest BCUT2D eigenvalue weighted by Crippen LogP contribution is -2.34. The van der Waals surface area contributed by atoms with Gasteiger partial charge in [0.25, 0.3) is 0 Å². The highest BCUT2D eigenvalue weighted by Crippen LogP contribution is 2.22. The number of hydrogen-bond donors (Lipinski definition) is 1. The zero-order chi connectivity index (χ0) is 14.7. The molecule has 0 spiro atoms. The summed E-state index contributed by atoms with van der Waals surface area (Å²) in [6, 6.07) is 5.16. The standard InChI is InChI=1S/C16H20FN3O/c1-11-10-12(17)5-7-14(11)16-19-15(21-20-16)8-6-13-4-2-3-9-18-13/h5,7,10,13,18H,2-4,6,8-9H2,1H3. The Morgan fingerprint density at radius 1 is 1.38 bits per heavy atom. The van der Waals surface area contributed by atoms with Crippen molar-refractivity contribution >= 4 is 0 Å². The molecule has 1 aromatic heterocycles. The molecular weight excluding hydrogens is 269 g/mol. The van der Waals surface area contributed by atoms with E-state index in [2.05, 4.69) is 15.5 Å². The third-order valence-corrected chi connectivity index (χ3v) is 4.02. The summed E-state index contributed by atoms with van der Waals surface area (Å²) in [6.45, 7) is 2.95. The minimum Gasteiger partial charge on any atom is -0.339 e. The number of nitrogens with zero attached hydrogens (tertiary/aromatic N) is 2. The second kappa shape index (κ2) is 6.35. The van der Waals surface area contributed by atoms with Crippen LogP contribution in [0.25, 0.3) is 11.4 Å². The lowest BCUT2D eigenvalue weighted by molar-refractivity contribution is 0.342. The summed E-state index contributed by atoms with van der Waals surface area (Å²) in [6.07, 6.45) is 5.58. The maximum absolute atomic E-state index is 13.1. The van der Waals surface area contributed by atoms with Gasteiger partial charge in [0, 0.05) is 18.0 Å². The summed E-state index contributed by atoms with van der Waals surface area (Å²) < 4.78 is 18.4. The van der Waals surface area contributed by atoms with Crippen molar-refractivity contribution in [3.63, 3.8) is 0 Å². The Kier molecular flexibility index (Phi) is 4.29. The third-order valence-electron chi connectivity index (χ3n) is 4.02. The normalized spacial score (nSPS) is 18.9. The van der Waals surface area contributed by atoms with Gasteiger partial charge in [-0.1, -0.05) is 11.6 Å². The summed E-state index contributed by atoms with van der Waals surface area (Å²) in [5.74, 6) is 0.948. The van der Waals surface area contributed by atoms with E-state index in [1.54, 1.807) is 6.07 Å². The molecule has 1 aliphatic heterocycles. The summed E-state index contributed by atoms with van der Waals surface area (Å²) in [7, 11) is 0. The smallest absolute Gasteiger partial charge is 0.227 e. The van der Waals surface area contributed by atoms with E-state index in [1.807, 2.05) is 6.92 Å². The van der Waals surface area contributed by atoms with Crippen LogP contribution in [0, 0.1) is 12.7 Å². The molecule has 5 heteroatoms. The van der Waals surface area contributed by atoms with Crippen LogP contribution in [-0.4, -0.2) is 22.7 Å². The molecule has 1 N–H and O–H groups in total. The van der Waals surface area contributed by atoms with Gasteiger partial charge in [-0.15, -0.1) is 0 Å². The fourth-order valence-electron chi connectivity index (χ4n) is 2.81. The Hall–Kier alpha value is -1.75. The Morgan fingerprint density at radius 3 is 3.05 bits per heavy atom. The number of benzene rings is 1. The Bertz CT molecular complexity index is 605. The average molecular weight is 289 g/mol. The first-order valence-corrected chi connectivity index (χ1v) is 7.55. The van der Waals surface area contributed by atoms with Crippen LogP contribution < -0.4 is 5.32 Å². The molecule has 1 aliphatic rings. The van der Waals surface area contributed by atoms with E-state index < -0.39 is 0 Å². The van der Waals surface area contributed by atoms with Crippen LogP contribution in [0.15, 0.2) is 22.7 Å². The fourth-order valence-corrected chi connectivity index (χ4v) is 2.81. The summed E-state index contributed by atoms with van der Waals surface area (Å²) in [5, 5.41) is 7.52. The predicted octanol–water partition coefficient (Wildman–Crippen LogP) is 3.26. The molecular formula is C16H20FN3O. The van der Waals surface area contributed by atoms with E-state index in [-0.39, 0.29) is 5.82 Å². The number of aryl methyl sites for hydroxylation is 2. The third kappa shape index (κ3) is 3.47. The van der Waals surface area contributed by atoms with Crippen LogP contribution in [0.5, 0.6) is 0 Å². The minimum absolute atomic E-state index is 0.247. The number of hydrogen-bond acceptors (Lipinski definition) is 4. The first-order valence-electron chi connectivity index (χ1n) is 7.55. The molecule has 1 aromatic carbocycles. The van der Waals surface area contributed by atoms with E-state index in [0.29, 0.717) is 17.8 Å². The van der Waals surface area contributed by atoms with Crippen molar-refractivity contribution in [1.29, 1.82) is 0 Å². The highest BCUT2D eigenvalue weighted by molar-refractivity contribution is 5.59. The molecule has 2 aromatic rings. The van der Waals surface area contributed by atoms with Crippen molar-refractivity contribution < 1.29 is 8.91 Å². The number of halogens is 1.